The lowest BCUT2D eigenvalue weighted by Gasteiger charge is -2.38. The number of anilines is 1. The molecule has 1 unspecified atom stereocenters. The summed E-state index contributed by atoms with van der Waals surface area (Å²) in [5.74, 6) is 0.177. The largest absolute Gasteiger partial charge is 0.341 e. The Balaban J connectivity index is 1.58. The van der Waals surface area contributed by atoms with Crippen LogP contribution in [0, 0.1) is 0 Å². The fraction of sp³-hybridized carbons (Fsp3) is 0.391. The van der Waals surface area contributed by atoms with Crippen LogP contribution < -0.4 is 5.32 Å². The van der Waals surface area contributed by atoms with E-state index >= 15 is 0 Å². The summed E-state index contributed by atoms with van der Waals surface area (Å²) in [6, 6.07) is 16.2. The number of carbonyl (C=O) groups is 2. The highest BCUT2D eigenvalue weighted by Gasteiger charge is 2.34. The zero-order valence-electron chi connectivity index (χ0n) is 16.4. The fourth-order valence-electron chi connectivity index (χ4n) is 4.32. The van der Waals surface area contributed by atoms with Crippen LogP contribution in [0.25, 0.3) is 0 Å². The van der Waals surface area contributed by atoms with Crippen molar-refractivity contribution < 1.29 is 9.59 Å². The lowest BCUT2D eigenvalue weighted by Crippen LogP contribution is -2.50. The molecular weight excluding hydrogens is 350 g/mol. The lowest BCUT2D eigenvalue weighted by molar-refractivity contribution is -0.136. The summed E-state index contributed by atoms with van der Waals surface area (Å²) in [6.07, 6.45) is 2.97. The molecule has 2 aliphatic heterocycles. The van der Waals surface area contributed by atoms with Crippen LogP contribution in [0.3, 0.4) is 0 Å². The summed E-state index contributed by atoms with van der Waals surface area (Å²) >= 11 is 0. The van der Waals surface area contributed by atoms with Gasteiger partial charge in [0.25, 0.3) is 0 Å². The first kappa shape index (κ1) is 18.7. The molecule has 0 spiro atoms. The van der Waals surface area contributed by atoms with Gasteiger partial charge in [0.05, 0.1) is 6.04 Å². The molecule has 0 bridgehead atoms. The molecule has 28 heavy (non-hydrogen) atoms. The number of nitrogens with zero attached hydrogens (tertiary/aromatic N) is 2. The van der Waals surface area contributed by atoms with Gasteiger partial charge in [-0.05, 0) is 48.1 Å². The minimum absolute atomic E-state index is 0.0777. The first-order chi connectivity index (χ1) is 13.6. The molecule has 0 aliphatic carbocycles. The molecule has 5 heteroatoms. The van der Waals surface area contributed by atoms with E-state index < -0.39 is 0 Å². The molecule has 4 rings (SSSR count). The van der Waals surface area contributed by atoms with Crippen molar-refractivity contribution in [3.05, 3.63) is 65.2 Å². The van der Waals surface area contributed by atoms with Crippen LogP contribution in [0.1, 0.15) is 36.5 Å². The van der Waals surface area contributed by atoms with Crippen LogP contribution in [0.4, 0.5) is 5.69 Å². The van der Waals surface area contributed by atoms with Gasteiger partial charge in [0, 0.05) is 38.8 Å². The zero-order valence-corrected chi connectivity index (χ0v) is 16.4. The molecular formula is C23H27N3O2. The summed E-state index contributed by atoms with van der Waals surface area (Å²) in [7, 11) is 0. The third-order valence-corrected chi connectivity index (χ3v) is 5.68. The molecule has 2 heterocycles. The molecule has 2 aliphatic rings. The molecule has 5 nitrogen and oxygen atoms in total. The van der Waals surface area contributed by atoms with Crippen molar-refractivity contribution in [2.45, 2.75) is 45.3 Å². The van der Waals surface area contributed by atoms with Crippen LogP contribution in [0.5, 0.6) is 0 Å². The van der Waals surface area contributed by atoms with E-state index in [1.807, 2.05) is 23.1 Å². The quantitative estimate of drug-likeness (QED) is 0.890. The summed E-state index contributed by atoms with van der Waals surface area (Å²) in [5.41, 5.74) is 4.48. The number of hydrogen-bond acceptors (Lipinski definition) is 3. The molecule has 0 saturated carbocycles. The fourth-order valence-corrected chi connectivity index (χ4v) is 4.32. The molecule has 1 N–H and O–H groups in total. The Morgan fingerprint density at radius 2 is 1.79 bits per heavy atom. The Morgan fingerprint density at radius 1 is 1.04 bits per heavy atom. The van der Waals surface area contributed by atoms with Gasteiger partial charge in [0.2, 0.25) is 11.8 Å². The minimum atomic E-state index is -0.127. The van der Waals surface area contributed by atoms with Crippen molar-refractivity contribution in [3.63, 3.8) is 0 Å². The maximum Gasteiger partial charge on any atom is 0.240 e. The third kappa shape index (κ3) is 4.09. The van der Waals surface area contributed by atoms with Crippen LogP contribution in [0.15, 0.2) is 48.5 Å². The van der Waals surface area contributed by atoms with E-state index in [1.165, 1.54) is 18.1 Å². The molecule has 0 aromatic heterocycles. The van der Waals surface area contributed by atoms with Crippen molar-refractivity contribution >= 4 is 17.5 Å². The monoisotopic (exact) mass is 377 g/mol. The Hall–Kier alpha value is -2.66. The normalized spacial score (nSPS) is 19.3. The predicted octanol–water partition coefficient (Wildman–Crippen LogP) is 3.19. The number of carbonyl (C=O) groups excluding carboxylic acids is 2. The van der Waals surface area contributed by atoms with E-state index in [0.29, 0.717) is 6.54 Å². The second-order valence-electron chi connectivity index (χ2n) is 7.81. The number of hydrogen-bond donors (Lipinski definition) is 1. The van der Waals surface area contributed by atoms with Crippen molar-refractivity contribution in [3.8, 4) is 0 Å². The van der Waals surface area contributed by atoms with Gasteiger partial charge >= 0.3 is 0 Å². The molecule has 1 saturated heterocycles. The molecule has 2 aromatic carbocycles. The SMILES string of the molecule is CC(=O)Nc1cccc(CN2Cc3ccccc3CC2C(=O)N2CCCC2)c1. The van der Waals surface area contributed by atoms with Crippen LogP contribution in [0.2, 0.25) is 0 Å². The van der Waals surface area contributed by atoms with Gasteiger partial charge in [0.15, 0.2) is 0 Å². The van der Waals surface area contributed by atoms with E-state index in [1.54, 1.807) is 0 Å². The molecule has 0 radical (unpaired) electrons. The number of likely N-dealkylation sites (tertiary alicyclic amines) is 1. The van der Waals surface area contributed by atoms with Crippen LogP contribution in [-0.4, -0.2) is 40.7 Å². The second-order valence-corrected chi connectivity index (χ2v) is 7.81. The molecule has 1 fully saturated rings. The highest BCUT2D eigenvalue weighted by atomic mass is 16.2. The maximum atomic E-state index is 13.3. The van der Waals surface area contributed by atoms with E-state index in [0.717, 1.165) is 50.1 Å². The lowest BCUT2D eigenvalue weighted by atomic mass is 9.92. The van der Waals surface area contributed by atoms with Crippen LogP contribution >= 0.6 is 0 Å². The number of rotatable bonds is 4. The van der Waals surface area contributed by atoms with Crippen molar-refractivity contribution in [2.24, 2.45) is 0 Å². The van der Waals surface area contributed by atoms with Gasteiger partial charge in [-0.3, -0.25) is 14.5 Å². The maximum absolute atomic E-state index is 13.3. The number of amides is 2. The first-order valence-electron chi connectivity index (χ1n) is 10.1. The average molecular weight is 377 g/mol. The average Bonchev–Trinajstić information content (AvgIpc) is 3.21. The van der Waals surface area contributed by atoms with Gasteiger partial charge in [-0.25, -0.2) is 0 Å². The number of nitrogens with one attached hydrogen (secondary N) is 1. The second kappa shape index (κ2) is 8.15. The topological polar surface area (TPSA) is 52.7 Å². The predicted molar refractivity (Wildman–Crippen MR) is 110 cm³/mol. The van der Waals surface area contributed by atoms with E-state index in [4.69, 9.17) is 0 Å². The molecule has 146 valence electrons. The Bertz CT molecular complexity index is 874. The molecule has 1 atom stereocenters. The summed E-state index contributed by atoms with van der Waals surface area (Å²) < 4.78 is 0. The number of benzene rings is 2. The van der Waals surface area contributed by atoms with Gasteiger partial charge in [-0.2, -0.15) is 0 Å². The van der Waals surface area contributed by atoms with Gasteiger partial charge in [-0.15, -0.1) is 0 Å². The Labute approximate surface area is 166 Å². The van der Waals surface area contributed by atoms with Gasteiger partial charge in [-0.1, -0.05) is 36.4 Å². The molecule has 2 amide bonds. The highest BCUT2D eigenvalue weighted by molar-refractivity contribution is 5.88. The van der Waals surface area contributed by atoms with Crippen molar-refractivity contribution in [2.75, 3.05) is 18.4 Å². The summed E-state index contributed by atoms with van der Waals surface area (Å²) in [4.78, 5) is 28.9. The Kier molecular flexibility index (Phi) is 5.44. The Morgan fingerprint density at radius 3 is 2.54 bits per heavy atom. The number of fused-ring (bicyclic) bond motifs is 1. The highest BCUT2D eigenvalue weighted by Crippen LogP contribution is 2.27. The zero-order chi connectivity index (χ0) is 19.5. The summed E-state index contributed by atoms with van der Waals surface area (Å²) in [5, 5.41) is 2.84. The molecule has 2 aromatic rings. The third-order valence-electron chi connectivity index (χ3n) is 5.68. The van der Waals surface area contributed by atoms with Gasteiger partial charge < -0.3 is 10.2 Å². The van der Waals surface area contributed by atoms with Gasteiger partial charge in [0.1, 0.15) is 0 Å². The van der Waals surface area contributed by atoms with Crippen LogP contribution in [-0.2, 0) is 29.1 Å². The van der Waals surface area contributed by atoms with E-state index in [9.17, 15) is 9.59 Å². The smallest absolute Gasteiger partial charge is 0.240 e. The van der Waals surface area contributed by atoms with Crippen molar-refractivity contribution in [1.82, 2.24) is 9.80 Å². The van der Waals surface area contributed by atoms with E-state index in [2.05, 4.69) is 40.5 Å². The standard InChI is InChI=1S/C23H27N3O2/c1-17(27)24-21-10-6-7-18(13-21)15-26-16-20-9-3-2-8-19(20)14-22(26)23(28)25-11-4-5-12-25/h2-3,6-10,13,22H,4-5,11-12,14-16H2,1H3,(H,24,27). The minimum Gasteiger partial charge on any atom is -0.341 e. The summed E-state index contributed by atoms with van der Waals surface area (Å²) in [6.45, 7) is 4.72. The van der Waals surface area contributed by atoms with E-state index in [-0.39, 0.29) is 17.9 Å². The first-order valence-corrected chi connectivity index (χ1v) is 10.1. The van der Waals surface area contributed by atoms with Crippen molar-refractivity contribution in [1.29, 1.82) is 0 Å².